The number of hydrogen-bond acceptors (Lipinski definition) is 8. The maximum atomic E-state index is 13.2. The van der Waals surface area contributed by atoms with Crippen molar-refractivity contribution < 1.29 is 45.8 Å². The van der Waals surface area contributed by atoms with E-state index in [1.165, 1.54) is 17.8 Å². The Morgan fingerprint density at radius 3 is 2.56 bits per heavy atom. The van der Waals surface area contributed by atoms with Gasteiger partial charge in [-0.15, -0.1) is 0 Å². The van der Waals surface area contributed by atoms with E-state index in [4.69, 9.17) is 14.6 Å². The van der Waals surface area contributed by atoms with Crippen LogP contribution in [0, 0.1) is 5.92 Å². The van der Waals surface area contributed by atoms with Crippen LogP contribution in [0.4, 0.5) is 37.8 Å². The molecule has 2 atom stereocenters. The van der Waals surface area contributed by atoms with Gasteiger partial charge in [0.05, 0.1) is 25.1 Å². The number of carboxylic acid groups (broad SMARTS) is 1. The van der Waals surface area contributed by atoms with Crippen molar-refractivity contribution in [3.63, 3.8) is 0 Å². The molecule has 5 rings (SSSR count). The third kappa shape index (κ3) is 6.56. The Kier molecular flexibility index (Phi) is 7.69. The van der Waals surface area contributed by atoms with Crippen LogP contribution in [-0.4, -0.2) is 86.4 Å². The van der Waals surface area contributed by atoms with Crippen molar-refractivity contribution in [2.24, 2.45) is 13.0 Å². The smallest absolute Gasteiger partial charge is 0.475 e. The normalized spacial score (nSPS) is 19.7. The number of aromatic nitrogens is 5. The van der Waals surface area contributed by atoms with Crippen molar-refractivity contribution in [1.29, 1.82) is 0 Å². The molecule has 3 aromatic heterocycles. The molecule has 18 heteroatoms. The predicted octanol–water partition coefficient (Wildman–Crippen LogP) is 1.79. The van der Waals surface area contributed by atoms with E-state index in [9.17, 15) is 31.1 Å². The van der Waals surface area contributed by atoms with Crippen LogP contribution in [0.2, 0.25) is 0 Å². The van der Waals surface area contributed by atoms with E-state index < -0.39 is 35.6 Å². The molecule has 2 fully saturated rings. The lowest BCUT2D eigenvalue weighted by Crippen LogP contribution is -2.42. The second-order valence-corrected chi connectivity index (χ2v) is 8.85. The van der Waals surface area contributed by atoms with E-state index in [-0.39, 0.29) is 17.3 Å². The summed E-state index contributed by atoms with van der Waals surface area (Å²) in [6.07, 6.45) is -5.70. The number of fused-ring (bicyclic) bond motifs is 4. The van der Waals surface area contributed by atoms with Gasteiger partial charge in [0.25, 0.3) is 5.91 Å². The van der Waals surface area contributed by atoms with E-state index in [0.29, 0.717) is 31.5 Å². The Labute approximate surface area is 215 Å². The molecule has 2 saturated heterocycles. The highest BCUT2D eigenvalue weighted by molar-refractivity contribution is 6.08. The van der Waals surface area contributed by atoms with Crippen molar-refractivity contribution in [2.45, 2.75) is 18.4 Å². The summed E-state index contributed by atoms with van der Waals surface area (Å²) in [7, 11) is 1.35. The Morgan fingerprint density at radius 2 is 1.90 bits per heavy atom. The largest absolute Gasteiger partial charge is 0.490 e. The van der Waals surface area contributed by atoms with Crippen molar-refractivity contribution >= 4 is 29.0 Å². The van der Waals surface area contributed by atoms with Gasteiger partial charge in [0.15, 0.2) is 11.3 Å². The minimum absolute atomic E-state index is 0.0697. The first kappa shape index (κ1) is 28.1. The van der Waals surface area contributed by atoms with Crippen molar-refractivity contribution in [3.8, 4) is 0 Å². The maximum absolute atomic E-state index is 13.2. The molecule has 12 nitrogen and oxygen atoms in total. The van der Waals surface area contributed by atoms with E-state index in [1.54, 1.807) is 6.20 Å². The van der Waals surface area contributed by atoms with Crippen LogP contribution in [0.15, 0.2) is 24.7 Å². The fourth-order valence-electron chi connectivity index (χ4n) is 4.08. The molecule has 212 valence electrons. The highest BCUT2D eigenvalue weighted by Gasteiger charge is 2.39. The number of hydrogen-bond donors (Lipinski definition) is 3. The highest BCUT2D eigenvalue weighted by Crippen LogP contribution is 2.33. The number of alkyl halides is 6. The standard InChI is InChI=1S/C19H21F3N8O2.C2HF3O2/c1-28-8-14(16(27-28)19(20,21)22)25-18(31)13-5-24-30-3-2-15(26-17(13)30)29-6-11-4-23-12(7-29)10-32-9-11;3-2(4,5)1(6)7/h2-3,5,8,11-12,23H,4,6-7,9-10H2,1H3,(H,25,31);(H,6,7). The summed E-state index contributed by atoms with van der Waals surface area (Å²) in [4.78, 5) is 28.5. The molecule has 0 radical (unpaired) electrons. The molecule has 2 aliphatic heterocycles. The SMILES string of the molecule is Cn1cc(NC(=O)c2cnn3ccc(N4CC5CNC(COC5)C4)nc23)c(C(F)(F)F)n1.O=C(O)C(F)(F)F. The molecule has 39 heavy (non-hydrogen) atoms. The monoisotopic (exact) mass is 564 g/mol. The Hall–Kier alpha value is -3.93. The summed E-state index contributed by atoms with van der Waals surface area (Å²) in [6.45, 7) is 3.57. The number of aryl methyl sites for hydroxylation is 1. The molecule has 3 aromatic rings. The van der Waals surface area contributed by atoms with E-state index in [1.807, 2.05) is 6.07 Å². The van der Waals surface area contributed by atoms with E-state index in [2.05, 4.69) is 30.7 Å². The summed E-state index contributed by atoms with van der Waals surface area (Å²) < 4.78 is 79.5. The molecular formula is C21H22F6N8O4. The molecule has 0 saturated carbocycles. The number of nitrogens with zero attached hydrogens (tertiary/aromatic N) is 6. The number of carbonyl (C=O) groups excluding carboxylic acids is 1. The molecule has 2 unspecified atom stereocenters. The van der Waals surface area contributed by atoms with Crippen molar-refractivity contribution in [2.75, 3.05) is 43.1 Å². The number of rotatable bonds is 3. The molecule has 2 bridgehead atoms. The summed E-state index contributed by atoms with van der Waals surface area (Å²) in [5.41, 5.74) is -1.26. The number of ether oxygens (including phenoxy) is 1. The van der Waals surface area contributed by atoms with Crippen LogP contribution in [0.25, 0.3) is 5.65 Å². The molecule has 0 spiro atoms. The van der Waals surface area contributed by atoms with Crippen LogP contribution < -0.4 is 15.5 Å². The van der Waals surface area contributed by atoms with Gasteiger partial charge < -0.3 is 25.4 Å². The Bertz CT molecular complexity index is 1340. The number of carbonyl (C=O) groups is 2. The first-order valence-electron chi connectivity index (χ1n) is 11.3. The number of carboxylic acids is 1. The average molecular weight is 564 g/mol. The third-order valence-electron chi connectivity index (χ3n) is 5.80. The number of anilines is 2. The van der Waals surface area contributed by atoms with Crippen LogP contribution in [0.1, 0.15) is 16.1 Å². The minimum Gasteiger partial charge on any atom is -0.475 e. The predicted molar refractivity (Wildman–Crippen MR) is 121 cm³/mol. The van der Waals surface area contributed by atoms with Gasteiger partial charge in [0.2, 0.25) is 0 Å². The number of nitrogens with one attached hydrogen (secondary N) is 2. The number of halogens is 6. The molecule has 0 aliphatic carbocycles. The summed E-state index contributed by atoms with van der Waals surface area (Å²) in [5, 5.41) is 20.4. The van der Waals surface area contributed by atoms with Crippen LogP contribution in [0.5, 0.6) is 0 Å². The second-order valence-electron chi connectivity index (χ2n) is 8.85. The Balaban J connectivity index is 0.000000448. The lowest BCUT2D eigenvalue weighted by molar-refractivity contribution is -0.192. The molecule has 1 amide bonds. The first-order valence-corrected chi connectivity index (χ1v) is 11.3. The van der Waals surface area contributed by atoms with Gasteiger partial charge in [0.1, 0.15) is 11.4 Å². The quantitative estimate of drug-likeness (QED) is 0.407. The summed E-state index contributed by atoms with van der Waals surface area (Å²) >= 11 is 0. The van der Waals surface area contributed by atoms with E-state index in [0.717, 1.165) is 24.0 Å². The van der Waals surface area contributed by atoms with Gasteiger partial charge in [0, 0.05) is 51.0 Å². The molecule has 5 heterocycles. The minimum atomic E-state index is -5.08. The van der Waals surface area contributed by atoms with E-state index >= 15 is 0 Å². The van der Waals surface area contributed by atoms with Crippen molar-refractivity contribution in [1.82, 2.24) is 29.7 Å². The van der Waals surface area contributed by atoms with Gasteiger partial charge >= 0.3 is 18.3 Å². The van der Waals surface area contributed by atoms with Gasteiger partial charge in [-0.1, -0.05) is 0 Å². The molecule has 2 aliphatic rings. The summed E-state index contributed by atoms with van der Waals surface area (Å²) in [6, 6.07) is 1.98. The zero-order chi connectivity index (χ0) is 28.5. The topological polar surface area (TPSA) is 139 Å². The Morgan fingerprint density at radius 1 is 1.18 bits per heavy atom. The lowest BCUT2D eigenvalue weighted by atomic mass is 10.1. The zero-order valence-corrected chi connectivity index (χ0v) is 20.1. The van der Waals surface area contributed by atoms with Gasteiger partial charge in [-0.3, -0.25) is 9.48 Å². The maximum Gasteiger partial charge on any atom is 0.490 e. The number of amides is 1. The molecule has 3 N–H and O–H groups in total. The fraction of sp³-hybridized carbons (Fsp3) is 0.476. The first-order chi connectivity index (χ1) is 18.2. The third-order valence-corrected chi connectivity index (χ3v) is 5.80. The van der Waals surface area contributed by atoms with Crippen LogP contribution in [-0.2, 0) is 22.8 Å². The van der Waals surface area contributed by atoms with Gasteiger partial charge in [-0.25, -0.2) is 14.3 Å². The van der Waals surface area contributed by atoms with Crippen molar-refractivity contribution in [3.05, 3.63) is 35.9 Å². The lowest BCUT2D eigenvalue weighted by Gasteiger charge is -2.29. The van der Waals surface area contributed by atoms with Gasteiger partial charge in [-0.05, 0) is 6.07 Å². The van der Waals surface area contributed by atoms with Crippen LogP contribution in [0.3, 0.4) is 0 Å². The molecule has 0 aromatic carbocycles. The zero-order valence-electron chi connectivity index (χ0n) is 20.1. The molecular weight excluding hydrogens is 542 g/mol. The second kappa shape index (κ2) is 10.7. The van der Waals surface area contributed by atoms with Crippen LogP contribution >= 0.6 is 0 Å². The highest BCUT2D eigenvalue weighted by atomic mass is 19.4. The fourth-order valence-corrected chi connectivity index (χ4v) is 4.08. The average Bonchev–Trinajstić information content (AvgIpc) is 3.26. The number of aliphatic carboxylic acids is 1. The summed E-state index contributed by atoms with van der Waals surface area (Å²) in [5.74, 6) is -2.52. The van der Waals surface area contributed by atoms with Gasteiger partial charge in [-0.2, -0.15) is 36.5 Å².